The molecule has 2 heteroatoms. The number of fused-ring (bicyclic) bond motifs is 3. The maximum atomic E-state index is 9.48. The van der Waals surface area contributed by atoms with Crippen LogP contribution >= 0.6 is 0 Å². The summed E-state index contributed by atoms with van der Waals surface area (Å²) < 4.78 is 7.04. The van der Waals surface area contributed by atoms with Crippen molar-refractivity contribution in [2.45, 2.75) is 131 Å². The number of allylic oxidation sites excluding steroid dienone is 1. The minimum Gasteiger partial charge on any atom is -0.369 e. The van der Waals surface area contributed by atoms with Crippen LogP contribution in [0.1, 0.15) is 120 Å². The van der Waals surface area contributed by atoms with Crippen LogP contribution in [0.3, 0.4) is 0 Å². The van der Waals surface area contributed by atoms with Crippen LogP contribution in [-0.2, 0) is 4.74 Å². The molecule has 9 atom stereocenters. The highest BCUT2D eigenvalue weighted by atomic mass is 16.5. The molecule has 1 aliphatic heterocycles. The van der Waals surface area contributed by atoms with E-state index in [9.17, 15) is 5.26 Å². The largest absolute Gasteiger partial charge is 0.369 e. The van der Waals surface area contributed by atoms with Crippen LogP contribution in [-0.4, -0.2) is 11.2 Å². The van der Waals surface area contributed by atoms with Crippen LogP contribution < -0.4 is 0 Å². The summed E-state index contributed by atoms with van der Waals surface area (Å²) >= 11 is 0. The van der Waals surface area contributed by atoms with E-state index in [1.807, 2.05) is 0 Å². The average molecular weight is 454 g/mol. The fraction of sp³-hybridized carbons (Fsp3) is 0.903. The van der Waals surface area contributed by atoms with Gasteiger partial charge in [-0.05, 0) is 124 Å². The topological polar surface area (TPSA) is 33.0 Å². The molecule has 33 heavy (non-hydrogen) atoms. The van der Waals surface area contributed by atoms with E-state index >= 15 is 0 Å². The second-order valence-electron chi connectivity index (χ2n) is 14.2. The van der Waals surface area contributed by atoms with E-state index in [1.165, 1.54) is 56.9 Å². The predicted octanol–water partition coefficient (Wildman–Crippen LogP) is 8.72. The molecule has 2 nitrogen and oxygen atoms in total. The minimum atomic E-state index is 0.0314. The molecule has 0 bridgehead atoms. The molecule has 4 aliphatic rings. The summed E-state index contributed by atoms with van der Waals surface area (Å²) in [7, 11) is 0. The van der Waals surface area contributed by atoms with Gasteiger partial charge in [0, 0.05) is 6.42 Å². The van der Waals surface area contributed by atoms with Gasteiger partial charge >= 0.3 is 0 Å². The lowest BCUT2D eigenvalue weighted by atomic mass is 9.38. The summed E-state index contributed by atoms with van der Waals surface area (Å²) in [5.74, 6) is 3.26. The molecule has 0 aromatic rings. The Labute approximate surface area is 204 Å². The van der Waals surface area contributed by atoms with Gasteiger partial charge in [-0.25, -0.2) is 0 Å². The monoisotopic (exact) mass is 453 g/mol. The van der Waals surface area contributed by atoms with Crippen LogP contribution in [0.2, 0.25) is 0 Å². The lowest BCUT2D eigenvalue weighted by Crippen LogP contribution is -2.60. The van der Waals surface area contributed by atoms with Crippen LogP contribution in [0.25, 0.3) is 0 Å². The Morgan fingerprint density at radius 3 is 2.18 bits per heavy atom. The molecule has 0 amide bonds. The molecule has 0 aromatic carbocycles. The first-order chi connectivity index (χ1) is 15.3. The van der Waals surface area contributed by atoms with E-state index in [4.69, 9.17) is 4.74 Å². The highest BCUT2D eigenvalue weighted by molar-refractivity contribution is 5.20. The average Bonchev–Trinajstić information content (AvgIpc) is 3.26. The third-order valence-corrected chi connectivity index (χ3v) is 12.6. The van der Waals surface area contributed by atoms with Gasteiger partial charge in [0.05, 0.1) is 17.3 Å². The molecule has 1 heterocycles. The maximum absolute atomic E-state index is 9.48. The highest BCUT2D eigenvalue weighted by Gasteiger charge is 2.68. The van der Waals surface area contributed by atoms with Crippen LogP contribution in [0, 0.1) is 57.2 Å². The zero-order valence-corrected chi connectivity index (χ0v) is 23.0. The number of nitrogens with zero attached hydrogens (tertiary/aromatic N) is 1. The van der Waals surface area contributed by atoms with Gasteiger partial charge in [-0.1, -0.05) is 46.8 Å². The van der Waals surface area contributed by atoms with Gasteiger partial charge in [-0.15, -0.1) is 0 Å². The van der Waals surface area contributed by atoms with Crippen molar-refractivity contribution < 1.29 is 4.74 Å². The molecule has 6 unspecified atom stereocenters. The molecule has 4 fully saturated rings. The molecule has 1 saturated heterocycles. The molecule has 3 saturated carbocycles. The minimum absolute atomic E-state index is 0.0314. The Bertz CT molecular complexity index is 825. The van der Waals surface area contributed by atoms with Crippen molar-refractivity contribution in [1.82, 2.24) is 0 Å². The van der Waals surface area contributed by atoms with E-state index in [0.717, 1.165) is 12.3 Å². The Hall–Kier alpha value is -0.810. The third kappa shape index (κ3) is 3.50. The lowest BCUT2D eigenvalue weighted by molar-refractivity contribution is -0.188. The highest BCUT2D eigenvalue weighted by Crippen LogP contribution is 2.74. The molecule has 186 valence electrons. The second kappa shape index (κ2) is 8.11. The van der Waals surface area contributed by atoms with Crippen LogP contribution in [0.5, 0.6) is 0 Å². The third-order valence-electron chi connectivity index (χ3n) is 12.6. The fourth-order valence-electron chi connectivity index (χ4n) is 10.1. The van der Waals surface area contributed by atoms with E-state index in [0.29, 0.717) is 40.9 Å². The first-order valence-electron chi connectivity index (χ1n) is 14.0. The van der Waals surface area contributed by atoms with Gasteiger partial charge in [0.2, 0.25) is 0 Å². The molecule has 3 aliphatic carbocycles. The van der Waals surface area contributed by atoms with Crippen molar-refractivity contribution in [1.29, 1.82) is 5.26 Å². The first-order valence-corrected chi connectivity index (χ1v) is 14.0. The van der Waals surface area contributed by atoms with E-state index < -0.39 is 0 Å². The number of ether oxygens (including phenoxy) is 1. The van der Waals surface area contributed by atoms with Crippen molar-refractivity contribution in [2.24, 2.45) is 45.8 Å². The summed E-state index contributed by atoms with van der Waals surface area (Å²) in [6, 6.07) is 2.48. The van der Waals surface area contributed by atoms with Gasteiger partial charge in [0.25, 0.3) is 0 Å². The first kappa shape index (κ1) is 25.3. The van der Waals surface area contributed by atoms with Crippen molar-refractivity contribution in [2.75, 3.05) is 0 Å². The molecular formula is C31H51NO. The number of rotatable bonds is 5. The Morgan fingerprint density at radius 2 is 1.61 bits per heavy atom. The van der Waals surface area contributed by atoms with E-state index in [2.05, 4.69) is 68.0 Å². The zero-order chi connectivity index (χ0) is 24.4. The Balaban J connectivity index is 1.66. The maximum Gasteiger partial charge on any atom is 0.0694 e. The zero-order valence-electron chi connectivity index (χ0n) is 23.0. The standard InChI is InChI=1S/C31H51NO/c1-21(2)23-13-17-29(7)26(27(23,5)15-10-20-32)12-11-24-25(14-16-28(24,29)6)31(9)19-18-30(8,33-31)22(3)4/h22-26H,1,10-19H2,2-9H3/t23?,24?,25?,26?,27-,28+,29+,30?,31?/m0/s1. The summed E-state index contributed by atoms with van der Waals surface area (Å²) in [4.78, 5) is 0. The van der Waals surface area contributed by atoms with Gasteiger partial charge in [-0.2, -0.15) is 5.26 Å². The molecular weight excluding hydrogens is 402 g/mol. The number of hydrogen-bond acceptors (Lipinski definition) is 2. The molecule has 0 aromatic heterocycles. The number of nitriles is 1. The smallest absolute Gasteiger partial charge is 0.0694 e. The summed E-state index contributed by atoms with van der Waals surface area (Å²) in [6.45, 7) is 24.0. The lowest BCUT2D eigenvalue weighted by Gasteiger charge is -2.66. The van der Waals surface area contributed by atoms with Crippen molar-refractivity contribution in [3.63, 3.8) is 0 Å². The quantitative estimate of drug-likeness (QED) is 0.390. The molecule has 0 radical (unpaired) electrons. The second-order valence-corrected chi connectivity index (χ2v) is 14.2. The van der Waals surface area contributed by atoms with Crippen LogP contribution in [0.4, 0.5) is 0 Å². The van der Waals surface area contributed by atoms with Crippen LogP contribution in [0.15, 0.2) is 12.2 Å². The fourth-order valence-corrected chi connectivity index (χ4v) is 10.1. The van der Waals surface area contributed by atoms with Crippen molar-refractivity contribution >= 4 is 0 Å². The molecule has 4 rings (SSSR count). The van der Waals surface area contributed by atoms with Gasteiger partial charge in [0.1, 0.15) is 0 Å². The van der Waals surface area contributed by atoms with E-state index in [-0.39, 0.29) is 16.6 Å². The Kier molecular flexibility index (Phi) is 6.22. The molecule has 0 N–H and O–H groups in total. The summed E-state index contributed by atoms with van der Waals surface area (Å²) in [5.41, 5.74) is 2.32. The number of hydrogen-bond donors (Lipinski definition) is 0. The van der Waals surface area contributed by atoms with Crippen molar-refractivity contribution in [3.8, 4) is 6.07 Å². The summed E-state index contributed by atoms with van der Waals surface area (Å²) in [6.07, 6.45) is 12.0. The Morgan fingerprint density at radius 1 is 0.939 bits per heavy atom. The van der Waals surface area contributed by atoms with E-state index in [1.54, 1.807) is 0 Å². The van der Waals surface area contributed by atoms with Gasteiger partial charge < -0.3 is 4.74 Å². The van der Waals surface area contributed by atoms with Gasteiger partial charge in [-0.3, -0.25) is 0 Å². The molecule has 0 spiro atoms. The van der Waals surface area contributed by atoms with Crippen molar-refractivity contribution in [3.05, 3.63) is 12.2 Å². The summed E-state index contributed by atoms with van der Waals surface area (Å²) in [5, 5.41) is 9.48. The predicted molar refractivity (Wildman–Crippen MR) is 138 cm³/mol. The normalized spacial score (nSPS) is 51.8. The van der Waals surface area contributed by atoms with Gasteiger partial charge in [0.15, 0.2) is 0 Å². The SMILES string of the molecule is C=C(C)C1CC[C@]2(C)C(CCC3C(C4(C)CCC(C)(C(C)C)O4)CC[C@]32C)[C@@]1(C)CCC#N.